The molecule has 0 radical (unpaired) electrons. The monoisotopic (exact) mass is 498 g/mol. The lowest BCUT2D eigenvalue weighted by atomic mass is 9.99. The fourth-order valence-electron chi connectivity index (χ4n) is 4.60. The molecule has 7 nitrogen and oxygen atoms in total. The van der Waals surface area contributed by atoms with Gasteiger partial charge < -0.3 is 20.4 Å². The zero-order valence-electron chi connectivity index (χ0n) is 21.7. The van der Waals surface area contributed by atoms with Crippen molar-refractivity contribution in [2.75, 3.05) is 37.4 Å². The Balaban J connectivity index is 1.71. The zero-order chi connectivity index (χ0) is 26.4. The Labute approximate surface area is 218 Å². The molecule has 4 rings (SSSR count). The molecule has 0 spiro atoms. The molecule has 0 saturated heterocycles. The zero-order valence-corrected chi connectivity index (χ0v) is 21.7. The van der Waals surface area contributed by atoms with Gasteiger partial charge in [0.2, 0.25) is 11.8 Å². The van der Waals surface area contributed by atoms with Crippen LogP contribution in [-0.4, -0.2) is 49.8 Å². The van der Waals surface area contributed by atoms with E-state index in [1.165, 1.54) is 0 Å². The number of carbonyl (C=O) groups is 3. The van der Waals surface area contributed by atoms with Crippen LogP contribution < -0.4 is 15.5 Å². The summed E-state index contributed by atoms with van der Waals surface area (Å²) in [6.07, 6.45) is 1.02. The lowest BCUT2D eigenvalue weighted by Gasteiger charge is -2.31. The second-order valence-corrected chi connectivity index (χ2v) is 9.49. The summed E-state index contributed by atoms with van der Waals surface area (Å²) >= 11 is 0. The van der Waals surface area contributed by atoms with Crippen molar-refractivity contribution < 1.29 is 14.4 Å². The second kappa shape index (κ2) is 11.8. The smallest absolute Gasteiger partial charge is 0.253 e. The summed E-state index contributed by atoms with van der Waals surface area (Å²) in [7, 11) is 3.58. The Bertz CT molecular complexity index is 1260. The number of amides is 3. The van der Waals surface area contributed by atoms with Gasteiger partial charge >= 0.3 is 0 Å². The lowest BCUT2D eigenvalue weighted by molar-refractivity contribution is -0.119. The van der Waals surface area contributed by atoms with E-state index >= 15 is 0 Å². The van der Waals surface area contributed by atoms with E-state index in [0.29, 0.717) is 42.9 Å². The predicted octanol–water partition coefficient (Wildman–Crippen LogP) is 4.34. The topological polar surface area (TPSA) is 81.8 Å². The van der Waals surface area contributed by atoms with Gasteiger partial charge in [0.15, 0.2) is 0 Å². The van der Waals surface area contributed by atoms with E-state index < -0.39 is 6.04 Å². The van der Waals surface area contributed by atoms with E-state index in [0.717, 1.165) is 16.7 Å². The molecule has 1 aliphatic rings. The van der Waals surface area contributed by atoms with Crippen LogP contribution in [0.3, 0.4) is 0 Å². The summed E-state index contributed by atoms with van der Waals surface area (Å²) in [6, 6.07) is 22.6. The van der Waals surface area contributed by atoms with Crippen molar-refractivity contribution in [3.63, 3.8) is 0 Å². The Morgan fingerprint density at radius 2 is 1.78 bits per heavy atom. The van der Waals surface area contributed by atoms with E-state index in [-0.39, 0.29) is 24.1 Å². The molecule has 1 heterocycles. The number of hydrogen-bond acceptors (Lipinski definition) is 4. The van der Waals surface area contributed by atoms with Crippen LogP contribution in [0, 0.1) is 6.92 Å². The molecule has 2 N–H and O–H groups in total. The summed E-state index contributed by atoms with van der Waals surface area (Å²) in [4.78, 5) is 43.2. The van der Waals surface area contributed by atoms with E-state index in [2.05, 4.69) is 10.6 Å². The van der Waals surface area contributed by atoms with Crippen molar-refractivity contribution in [3.8, 4) is 0 Å². The van der Waals surface area contributed by atoms with Gasteiger partial charge in [-0.2, -0.15) is 0 Å². The predicted molar refractivity (Wildman–Crippen MR) is 147 cm³/mol. The standard InChI is InChI=1S/C30H34N4O3/c1-21-9-12-23(13-10-21)27-20-28(35)32-25-19-24(30(37)33(3)18-17-31-2)14-15-26(25)34(27)29(36)16-11-22-7-5-4-6-8-22/h4-10,12-15,19,27,31H,11,16-18,20H2,1-3H3,(H,32,35). The minimum atomic E-state index is -0.454. The highest BCUT2D eigenvalue weighted by atomic mass is 16.2. The first-order valence-corrected chi connectivity index (χ1v) is 12.6. The highest BCUT2D eigenvalue weighted by molar-refractivity contribution is 6.06. The molecule has 3 aromatic carbocycles. The third-order valence-corrected chi connectivity index (χ3v) is 6.71. The summed E-state index contributed by atoms with van der Waals surface area (Å²) in [5, 5.41) is 5.99. The van der Waals surface area contributed by atoms with Crippen LogP contribution in [0.25, 0.3) is 0 Å². The van der Waals surface area contributed by atoms with Gasteiger partial charge in [0.25, 0.3) is 5.91 Å². The Kier molecular flexibility index (Phi) is 8.36. The number of carbonyl (C=O) groups excluding carboxylic acids is 3. The Morgan fingerprint density at radius 3 is 2.49 bits per heavy atom. The number of likely N-dealkylation sites (N-methyl/N-ethyl adjacent to an activating group) is 2. The van der Waals surface area contributed by atoms with E-state index in [4.69, 9.17) is 0 Å². The van der Waals surface area contributed by atoms with Crippen molar-refractivity contribution >= 4 is 29.1 Å². The van der Waals surface area contributed by atoms with Crippen LogP contribution in [0.1, 0.15) is 45.9 Å². The van der Waals surface area contributed by atoms with E-state index in [9.17, 15) is 14.4 Å². The highest BCUT2D eigenvalue weighted by Crippen LogP contribution is 2.39. The summed E-state index contributed by atoms with van der Waals surface area (Å²) in [5.41, 5.74) is 4.62. The SMILES string of the molecule is CNCCN(C)C(=O)c1ccc2c(c1)NC(=O)CC(c1ccc(C)cc1)N2C(=O)CCc1ccccc1. The van der Waals surface area contributed by atoms with Gasteiger partial charge in [0.05, 0.1) is 23.8 Å². The summed E-state index contributed by atoms with van der Waals surface area (Å²) in [6.45, 7) is 3.23. The molecule has 0 aliphatic carbocycles. The fourth-order valence-corrected chi connectivity index (χ4v) is 4.60. The van der Waals surface area contributed by atoms with Crippen molar-refractivity contribution in [1.82, 2.24) is 10.2 Å². The van der Waals surface area contributed by atoms with Crippen molar-refractivity contribution in [1.29, 1.82) is 0 Å². The van der Waals surface area contributed by atoms with Gasteiger partial charge in [-0.15, -0.1) is 0 Å². The number of fused-ring (bicyclic) bond motifs is 1. The average Bonchev–Trinajstić information content (AvgIpc) is 3.06. The Morgan fingerprint density at radius 1 is 1.05 bits per heavy atom. The number of nitrogens with one attached hydrogen (secondary N) is 2. The number of nitrogens with zero attached hydrogens (tertiary/aromatic N) is 2. The summed E-state index contributed by atoms with van der Waals surface area (Å²) < 4.78 is 0. The molecule has 0 saturated carbocycles. The molecule has 7 heteroatoms. The fraction of sp³-hybridized carbons (Fsp3) is 0.300. The van der Waals surface area contributed by atoms with Gasteiger partial charge in [-0.1, -0.05) is 60.2 Å². The van der Waals surface area contributed by atoms with Crippen LogP contribution >= 0.6 is 0 Å². The molecule has 3 aromatic rings. The van der Waals surface area contributed by atoms with Gasteiger partial charge in [-0.3, -0.25) is 14.4 Å². The highest BCUT2D eigenvalue weighted by Gasteiger charge is 2.34. The van der Waals surface area contributed by atoms with Crippen LogP contribution in [0.4, 0.5) is 11.4 Å². The Hall–Kier alpha value is -3.97. The quantitative estimate of drug-likeness (QED) is 0.484. The van der Waals surface area contributed by atoms with Crippen LogP contribution in [0.15, 0.2) is 72.8 Å². The van der Waals surface area contributed by atoms with Gasteiger partial charge in [-0.25, -0.2) is 0 Å². The van der Waals surface area contributed by atoms with Gasteiger partial charge in [0, 0.05) is 32.1 Å². The minimum Gasteiger partial charge on any atom is -0.340 e. The normalized spacial score (nSPS) is 14.9. The third kappa shape index (κ3) is 6.24. The molecule has 0 aromatic heterocycles. The van der Waals surface area contributed by atoms with Crippen LogP contribution in [0.2, 0.25) is 0 Å². The van der Waals surface area contributed by atoms with E-state index in [1.807, 2.05) is 68.6 Å². The number of anilines is 2. The largest absolute Gasteiger partial charge is 0.340 e. The summed E-state index contributed by atoms with van der Waals surface area (Å²) in [5.74, 6) is -0.413. The molecule has 37 heavy (non-hydrogen) atoms. The van der Waals surface area contributed by atoms with Crippen molar-refractivity contribution in [2.24, 2.45) is 0 Å². The maximum Gasteiger partial charge on any atom is 0.253 e. The molecular weight excluding hydrogens is 464 g/mol. The molecule has 0 fully saturated rings. The minimum absolute atomic E-state index is 0.0719. The van der Waals surface area contributed by atoms with Crippen molar-refractivity contribution in [3.05, 3.63) is 95.1 Å². The maximum atomic E-state index is 13.8. The first kappa shape index (κ1) is 26.1. The van der Waals surface area contributed by atoms with Gasteiger partial charge in [0.1, 0.15) is 0 Å². The van der Waals surface area contributed by atoms with Crippen molar-refractivity contribution in [2.45, 2.75) is 32.2 Å². The maximum absolute atomic E-state index is 13.8. The lowest BCUT2D eigenvalue weighted by Crippen LogP contribution is -2.35. The number of aryl methyl sites for hydroxylation is 2. The number of rotatable bonds is 8. The molecule has 1 atom stereocenters. The third-order valence-electron chi connectivity index (χ3n) is 6.71. The molecule has 0 bridgehead atoms. The number of benzene rings is 3. The average molecular weight is 499 g/mol. The molecular formula is C30H34N4O3. The number of hydrogen-bond donors (Lipinski definition) is 2. The molecule has 1 unspecified atom stereocenters. The first-order valence-electron chi connectivity index (χ1n) is 12.6. The second-order valence-electron chi connectivity index (χ2n) is 9.49. The van der Waals surface area contributed by atoms with Crippen LogP contribution in [0.5, 0.6) is 0 Å². The van der Waals surface area contributed by atoms with E-state index in [1.54, 1.807) is 35.0 Å². The molecule has 192 valence electrons. The molecule has 3 amide bonds. The van der Waals surface area contributed by atoms with Crippen LogP contribution in [-0.2, 0) is 16.0 Å². The molecule has 1 aliphatic heterocycles. The first-order chi connectivity index (χ1) is 17.9. The van der Waals surface area contributed by atoms with Gasteiger partial charge in [-0.05, 0) is 49.7 Å².